The molecule has 0 aliphatic rings. The molecule has 2 aromatic carbocycles. The normalized spacial score (nSPS) is 10.6. The van der Waals surface area contributed by atoms with Gasteiger partial charge in [-0.3, -0.25) is 4.98 Å². The smallest absolute Gasteiger partial charge is 0.123 e. The fourth-order valence-corrected chi connectivity index (χ4v) is 2.25. The molecule has 0 radical (unpaired) electrons. The van der Waals surface area contributed by atoms with Gasteiger partial charge in [0.05, 0.1) is 5.69 Å². The summed E-state index contributed by atoms with van der Waals surface area (Å²) in [4.78, 5) is 4.56. The molecule has 3 rings (SSSR count). The van der Waals surface area contributed by atoms with Crippen LogP contribution in [-0.2, 0) is 0 Å². The van der Waals surface area contributed by atoms with Crippen LogP contribution in [0, 0.1) is 18.6 Å². The van der Waals surface area contributed by atoms with E-state index in [0.717, 1.165) is 28.1 Å². The Morgan fingerprint density at radius 1 is 0.667 bits per heavy atom. The molecule has 21 heavy (non-hydrogen) atoms. The average molecular weight is 281 g/mol. The Morgan fingerprint density at radius 2 is 1.19 bits per heavy atom. The maximum atomic E-state index is 13.1. The molecule has 3 aromatic rings. The third-order valence-corrected chi connectivity index (χ3v) is 3.31. The summed E-state index contributed by atoms with van der Waals surface area (Å²) < 4.78 is 26.2. The van der Waals surface area contributed by atoms with Gasteiger partial charge in [-0.2, -0.15) is 0 Å². The highest BCUT2D eigenvalue weighted by atomic mass is 19.1. The van der Waals surface area contributed by atoms with Gasteiger partial charge >= 0.3 is 0 Å². The third-order valence-electron chi connectivity index (χ3n) is 3.31. The van der Waals surface area contributed by atoms with Crippen molar-refractivity contribution in [3.05, 3.63) is 78.0 Å². The van der Waals surface area contributed by atoms with Crippen LogP contribution >= 0.6 is 0 Å². The Bertz CT molecular complexity index is 762. The molecule has 0 amide bonds. The van der Waals surface area contributed by atoms with E-state index in [4.69, 9.17) is 0 Å². The summed E-state index contributed by atoms with van der Waals surface area (Å²) in [6.45, 7) is 1.90. The van der Waals surface area contributed by atoms with Crippen LogP contribution < -0.4 is 0 Å². The molecule has 0 atom stereocenters. The number of hydrogen-bond donors (Lipinski definition) is 0. The predicted molar refractivity (Wildman–Crippen MR) is 79.8 cm³/mol. The minimum atomic E-state index is -0.283. The standard InChI is InChI=1S/C18H13F2N/c1-12-2-11-17(13-3-7-15(19)8-4-13)18(21-12)14-5-9-16(20)10-6-14/h2-11H,1H3. The second-order valence-corrected chi connectivity index (χ2v) is 4.86. The molecule has 0 saturated carbocycles. The molecule has 0 unspecified atom stereocenters. The zero-order valence-corrected chi connectivity index (χ0v) is 11.5. The van der Waals surface area contributed by atoms with E-state index in [1.54, 1.807) is 24.3 Å². The molecule has 0 bridgehead atoms. The van der Waals surface area contributed by atoms with Crippen LogP contribution in [0.25, 0.3) is 22.4 Å². The number of nitrogens with zero attached hydrogens (tertiary/aromatic N) is 1. The zero-order chi connectivity index (χ0) is 14.8. The van der Waals surface area contributed by atoms with Gasteiger partial charge in [-0.15, -0.1) is 0 Å². The van der Waals surface area contributed by atoms with E-state index in [-0.39, 0.29) is 11.6 Å². The number of aryl methyl sites for hydroxylation is 1. The lowest BCUT2D eigenvalue weighted by Crippen LogP contribution is -1.92. The van der Waals surface area contributed by atoms with Crippen LogP contribution in [0.4, 0.5) is 8.78 Å². The van der Waals surface area contributed by atoms with Crippen molar-refractivity contribution in [2.45, 2.75) is 6.92 Å². The molecule has 0 saturated heterocycles. The summed E-state index contributed by atoms with van der Waals surface area (Å²) in [5, 5.41) is 0. The van der Waals surface area contributed by atoms with Crippen molar-refractivity contribution in [1.29, 1.82) is 0 Å². The van der Waals surface area contributed by atoms with Crippen molar-refractivity contribution in [1.82, 2.24) is 4.98 Å². The Kier molecular flexibility index (Phi) is 3.48. The first kappa shape index (κ1) is 13.4. The number of rotatable bonds is 2. The van der Waals surface area contributed by atoms with E-state index >= 15 is 0 Å². The van der Waals surface area contributed by atoms with Gasteiger partial charge in [0.1, 0.15) is 11.6 Å². The number of hydrogen-bond acceptors (Lipinski definition) is 1. The molecule has 1 nitrogen and oxygen atoms in total. The van der Waals surface area contributed by atoms with Crippen LogP contribution in [0.5, 0.6) is 0 Å². The summed E-state index contributed by atoms with van der Waals surface area (Å²) in [6, 6.07) is 16.4. The van der Waals surface area contributed by atoms with Crippen molar-refractivity contribution >= 4 is 0 Å². The minimum Gasteiger partial charge on any atom is -0.252 e. The van der Waals surface area contributed by atoms with E-state index in [2.05, 4.69) is 4.98 Å². The lowest BCUT2D eigenvalue weighted by Gasteiger charge is -2.10. The van der Waals surface area contributed by atoms with Crippen LogP contribution in [0.3, 0.4) is 0 Å². The van der Waals surface area contributed by atoms with Gasteiger partial charge in [-0.25, -0.2) is 8.78 Å². The highest BCUT2D eigenvalue weighted by Crippen LogP contribution is 2.31. The zero-order valence-electron chi connectivity index (χ0n) is 11.5. The highest BCUT2D eigenvalue weighted by molar-refractivity contribution is 5.80. The third kappa shape index (κ3) is 2.82. The van der Waals surface area contributed by atoms with E-state index in [1.165, 1.54) is 24.3 Å². The predicted octanol–water partition coefficient (Wildman–Crippen LogP) is 5.00. The van der Waals surface area contributed by atoms with Crippen LogP contribution in [0.15, 0.2) is 60.7 Å². The maximum absolute atomic E-state index is 13.1. The van der Waals surface area contributed by atoms with Crippen molar-refractivity contribution in [3.8, 4) is 22.4 Å². The van der Waals surface area contributed by atoms with Crippen LogP contribution in [0.1, 0.15) is 5.69 Å². The Balaban J connectivity index is 2.17. The number of aromatic nitrogens is 1. The highest BCUT2D eigenvalue weighted by Gasteiger charge is 2.10. The second-order valence-electron chi connectivity index (χ2n) is 4.86. The Morgan fingerprint density at radius 3 is 1.76 bits per heavy atom. The van der Waals surface area contributed by atoms with Gasteiger partial charge in [0.15, 0.2) is 0 Å². The second kappa shape index (κ2) is 5.44. The Hall–Kier alpha value is -2.55. The minimum absolute atomic E-state index is 0.276. The first-order chi connectivity index (χ1) is 10.1. The van der Waals surface area contributed by atoms with Crippen LogP contribution in [-0.4, -0.2) is 4.98 Å². The molecule has 1 aromatic heterocycles. The van der Waals surface area contributed by atoms with Gasteiger partial charge < -0.3 is 0 Å². The van der Waals surface area contributed by atoms with Crippen molar-refractivity contribution in [2.24, 2.45) is 0 Å². The molecule has 0 N–H and O–H groups in total. The first-order valence-corrected chi connectivity index (χ1v) is 6.63. The van der Waals surface area contributed by atoms with Gasteiger partial charge in [0.2, 0.25) is 0 Å². The first-order valence-electron chi connectivity index (χ1n) is 6.63. The van der Waals surface area contributed by atoms with Gasteiger partial charge in [0.25, 0.3) is 0 Å². The lowest BCUT2D eigenvalue weighted by molar-refractivity contribution is 0.627. The Labute approximate surface area is 121 Å². The number of pyridine rings is 1. The van der Waals surface area contributed by atoms with E-state index in [0.29, 0.717) is 0 Å². The molecule has 0 spiro atoms. The average Bonchev–Trinajstić information content (AvgIpc) is 2.49. The van der Waals surface area contributed by atoms with E-state index in [9.17, 15) is 8.78 Å². The lowest BCUT2D eigenvalue weighted by atomic mass is 9.99. The monoisotopic (exact) mass is 281 g/mol. The fraction of sp³-hybridized carbons (Fsp3) is 0.0556. The largest absolute Gasteiger partial charge is 0.252 e. The number of benzene rings is 2. The van der Waals surface area contributed by atoms with E-state index < -0.39 is 0 Å². The molecule has 0 aliphatic heterocycles. The molecule has 104 valence electrons. The summed E-state index contributed by atoms with van der Waals surface area (Å²) in [5.41, 5.74) is 4.25. The van der Waals surface area contributed by atoms with Gasteiger partial charge in [0, 0.05) is 16.8 Å². The van der Waals surface area contributed by atoms with E-state index in [1.807, 2.05) is 19.1 Å². The van der Waals surface area contributed by atoms with Crippen molar-refractivity contribution in [2.75, 3.05) is 0 Å². The van der Waals surface area contributed by atoms with Gasteiger partial charge in [-0.1, -0.05) is 18.2 Å². The van der Waals surface area contributed by atoms with Crippen molar-refractivity contribution in [3.63, 3.8) is 0 Å². The molecule has 0 aliphatic carbocycles. The topological polar surface area (TPSA) is 12.9 Å². The van der Waals surface area contributed by atoms with Crippen LogP contribution in [0.2, 0.25) is 0 Å². The quantitative estimate of drug-likeness (QED) is 0.644. The van der Waals surface area contributed by atoms with Crippen molar-refractivity contribution < 1.29 is 8.78 Å². The molecular formula is C18H13F2N. The molecule has 3 heteroatoms. The number of halogens is 2. The summed E-state index contributed by atoms with van der Waals surface area (Å²) in [7, 11) is 0. The molecular weight excluding hydrogens is 268 g/mol. The summed E-state index contributed by atoms with van der Waals surface area (Å²) in [5.74, 6) is -0.558. The fourth-order valence-electron chi connectivity index (χ4n) is 2.25. The summed E-state index contributed by atoms with van der Waals surface area (Å²) in [6.07, 6.45) is 0. The molecule has 0 fully saturated rings. The SMILES string of the molecule is Cc1ccc(-c2ccc(F)cc2)c(-c2ccc(F)cc2)n1. The summed E-state index contributed by atoms with van der Waals surface area (Å²) >= 11 is 0. The maximum Gasteiger partial charge on any atom is 0.123 e. The van der Waals surface area contributed by atoms with Gasteiger partial charge in [-0.05, 0) is 55.0 Å². The molecule has 1 heterocycles.